The number of rotatable bonds is 6. The molecular formula is C22H25ClN6O4. The molecule has 2 aromatic heterocycles. The highest BCUT2D eigenvalue weighted by Gasteiger charge is 2.49. The van der Waals surface area contributed by atoms with E-state index in [0.717, 1.165) is 6.42 Å². The molecule has 0 saturated carbocycles. The van der Waals surface area contributed by atoms with Gasteiger partial charge in [0.1, 0.15) is 6.33 Å². The summed E-state index contributed by atoms with van der Waals surface area (Å²) in [6, 6.07) is 11.6. The monoisotopic (exact) mass is 472 g/mol. The standard InChI is InChI=1S/C22H25ClN6O4/c1-2-12-29-20(31)28(15-26-29)22(18-5-3-4-10-25-18)14-24-11-13-27(22)21(32)33-19(30)16-6-8-17(23)9-7-16/h3-10,15,19,24,30H,2,11-14H2,1H3. The van der Waals surface area contributed by atoms with Gasteiger partial charge >= 0.3 is 11.8 Å². The molecule has 0 spiro atoms. The average Bonchev–Trinajstić information content (AvgIpc) is 3.20. The first-order valence-corrected chi connectivity index (χ1v) is 11.0. The average molecular weight is 473 g/mol. The second-order valence-electron chi connectivity index (χ2n) is 7.65. The van der Waals surface area contributed by atoms with Gasteiger partial charge in [0.25, 0.3) is 0 Å². The van der Waals surface area contributed by atoms with Gasteiger partial charge in [-0.05, 0) is 30.7 Å². The minimum Gasteiger partial charge on any atom is -0.415 e. The Morgan fingerprint density at radius 1 is 1.30 bits per heavy atom. The molecule has 3 heterocycles. The summed E-state index contributed by atoms with van der Waals surface area (Å²) in [5, 5.41) is 18.5. The van der Waals surface area contributed by atoms with E-state index in [1.54, 1.807) is 48.7 Å². The van der Waals surface area contributed by atoms with Gasteiger partial charge in [-0.1, -0.05) is 36.7 Å². The zero-order chi connectivity index (χ0) is 23.4. The lowest BCUT2D eigenvalue weighted by atomic mass is 10.00. The molecule has 4 rings (SSSR count). The third-order valence-electron chi connectivity index (χ3n) is 5.56. The van der Waals surface area contributed by atoms with Crippen molar-refractivity contribution in [2.75, 3.05) is 19.6 Å². The molecule has 2 N–H and O–H groups in total. The smallest absolute Gasteiger partial charge is 0.414 e. The van der Waals surface area contributed by atoms with Crippen LogP contribution in [0, 0.1) is 0 Å². The number of nitrogens with zero attached hydrogens (tertiary/aromatic N) is 5. The van der Waals surface area contributed by atoms with Gasteiger partial charge in [0, 0.05) is 43.0 Å². The Labute approximate surface area is 195 Å². The Morgan fingerprint density at radius 3 is 2.79 bits per heavy atom. The van der Waals surface area contributed by atoms with Gasteiger partial charge in [0.2, 0.25) is 6.29 Å². The number of hydrogen-bond donors (Lipinski definition) is 2. The van der Waals surface area contributed by atoms with Crippen molar-refractivity contribution in [1.29, 1.82) is 0 Å². The minimum atomic E-state index is -1.51. The van der Waals surface area contributed by atoms with Crippen molar-refractivity contribution in [2.45, 2.75) is 31.8 Å². The number of carbonyl (C=O) groups is 1. The number of halogens is 1. The number of hydrogen-bond acceptors (Lipinski definition) is 7. The van der Waals surface area contributed by atoms with Crippen LogP contribution in [0.3, 0.4) is 0 Å². The fraction of sp³-hybridized carbons (Fsp3) is 0.364. The van der Waals surface area contributed by atoms with E-state index < -0.39 is 18.0 Å². The predicted molar refractivity (Wildman–Crippen MR) is 121 cm³/mol. The number of benzene rings is 1. The Hall–Kier alpha value is -3.21. The van der Waals surface area contributed by atoms with Crippen molar-refractivity contribution in [3.05, 3.63) is 81.8 Å². The van der Waals surface area contributed by atoms with E-state index in [-0.39, 0.29) is 18.8 Å². The fourth-order valence-corrected chi connectivity index (χ4v) is 4.08. The van der Waals surface area contributed by atoms with E-state index in [1.165, 1.54) is 20.5 Å². The number of carbonyl (C=O) groups excluding carboxylic acids is 1. The maximum absolute atomic E-state index is 13.4. The largest absolute Gasteiger partial charge is 0.415 e. The summed E-state index contributed by atoms with van der Waals surface area (Å²) < 4.78 is 8.16. The molecule has 1 saturated heterocycles. The lowest BCUT2D eigenvalue weighted by Gasteiger charge is -2.46. The summed E-state index contributed by atoms with van der Waals surface area (Å²) >= 11 is 5.90. The second-order valence-corrected chi connectivity index (χ2v) is 8.09. The zero-order valence-electron chi connectivity index (χ0n) is 18.1. The van der Waals surface area contributed by atoms with E-state index in [0.29, 0.717) is 29.4 Å². The van der Waals surface area contributed by atoms with Gasteiger partial charge in [0.15, 0.2) is 5.66 Å². The number of aliphatic hydroxyl groups excluding tert-OH is 1. The molecule has 1 aromatic carbocycles. The molecule has 0 radical (unpaired) electrons. The Morgan fingerprint density at radius 2 is 2.09 bits per heavy atom. The highest BCUT2D eigenvalue weighted by atomic mass is 35.5. The normalized spacial score (nSPS) is 19.3. The molecule has 1 fully saturated rings. The SMILES string of the molecule is CCCn1ncn(C2(c3ccccn3)CNCCN2C(=O)OC(O)c2ccc(Cl)cc2)c1=O. The second kappa shape index (κ2) is 9.74. The molecular weight excluding hydrogens is 448 g/mol. The van der Waals surface area contributed by atoms with Crippen LogP contribution in [0.15, 0.2) is 59.8 Å². The van der Waals surface area contributed by atoms with E-state index in [4.69, 9.17) is 16.3 Å². The van der Waals surface area contributed by atoms with Crippen molar-refractivity contribution in [3.8, 4) is 0 Å². The topological polar surface area (TPSA) is 115 Å². The van der Waals surface area contributed by atoms with Gasteiger partial charge in [-0.15, -0.1) is 0 Å². The van der Waals surface area contributed by atoms with Gasteiger partial charge in [-0.25, -0.2) is 18.8 Å². The summed E-state index contributed by atoms with van der Waals surface area (Å²) in [6.45, 7) is 3.28. The first-order chi connectivity index (χ1) is 16.0. The maximum Gasteiger partial charge on any atom is 0.414 e. The lowest BCUT2D eigenvalue weighted by Crippen LogP contribution is -2.66. The number of ether oxygens (including phenoxy) is 1. The minimum absolute atomic E-state index is 0.202. The first kappa shape index (κ1) is 23.0. The molecule has 33 heavy (non-hydrogen) atoms. The quantitative estimate of drug-likeness (QED) is 0.527. The molecule has 1 aliphatic heterocycles. The van der Waals surface area contributed by atoms with Crippen LogP contribution in [0.1, 0.15) is 30.9 Å². The highest BCUT2D eigenvalue weighted by molar-refractivity contribution is 6.30. The third kappa shape index (κ3) is 4.37. The molecule has 0 bridgehead atoms. The fourth-order valence-electron chi connectivity index (χ4n) is 3.95. The Balaban J connectivity index is 1.75. The number of nitrogens with one attached hydrogen (secondary N) is 1. The summed E-state index contributed by atoms with van der Waals surface area (Å²) in [6.07, 6.45) is 1.44. The van der Waals surface area contributed by atoms with Gasteiger partial charge in [-0.2, -0.15) is 5.10 Å². The van der Waals surface area contributed by atoms with Gasteiger partial charge < -0.3 is 15.2 Å². The first-order valence-electron chi connectivity index (χ1n) is 10.7. The highest BCUT2D eigenvalue weighted by Crippen LogP contribution is 2.31. The molecule has 1 amide bonds. The number of aliphatic hydroxyl groups is 1. The van der Waals surface area contributed by atoms with Crippen LogP contribution in [0.4, 0.5) is 4.79 Å². The van der Waals surface area contributed by atoms with Crippen LogP contribution in [0.5, 0.6) is 0 Å². The zero-order valence-corrected chi connectivity index (χ0v) is 18.9. The number of aromatic nitrogens is 4. The molecule has 10 nitrogen and oxygen atoms in total. The lowest BCUT2D eigenvalue weighted by molar-refractivity contribution is -0.0851. The van der Waals surface area contributed by atoms with Crippen LogP contribution >= 0.6 is 11.6 Å². The summed E-state index contributed by atoms with van der Waals surface area (Å²) in [4.78, 5) is 32.5. The summed E-state index contributed by atoms with van der Waals surface area (Å²) in [5.41, 5.74) is -0.867. The molecule has 2 unspecified atom stereocenters. The van der Waals surface area contributed by atoms with Gasteiger partial charge in [0.05, 0.1) is 5.69 Å². The van der Waals surface area contributed by atoms with Crippen molar-refractivity contribution in [3.63, 3.8) is 0 Å². The van der Waals surface area contributed by atoms with Crippen molar-refractivity contribution in [2.24, 2.45) is 0 Å². The maximum atomic E-state index is 13.4. The molecule has 3 aromatic rings. The number of aryl methyl sites for hydroxylation is 1. The number of amides is 1. The molecule has 174 valence electrons. The van der Waals surface area contributed by atoms with E-state index in [2.05, 4.69) is 15.4 Å². The molecule has 0 aliphatic carbocycles. The van der Waals surface area contributed by atoms with Crippen molar-refractivity contribution in [1.82, 2.24) is 29.5 Å². The van der Waals surface area contributed by atoms with Crippen LogP contribution in [-0.4, -0.2) is 55.1 Å². The number of pyridine rings is 1. The molecule has 11 heteroatoms. The Bertz CT molecular complexity index is 1150. The van der Waals surface area contributed by atoms with E-state index in [9.17, 15) is 14.7 Å². The van der Waals surface area contributed by atoms with Crippen LogP contribution in [-0.2, 0) is 16.9 Å². The summed E-state index contributed by atoms with van der Waals surface area (Å²) in [5.74, 6) is 0. The van der Waals surface area contributed by atoms with Crippen LogP contribution in [0.2, 0.25) is 5.02 Å². The third-order valence-corrected chi connectivity index (χ3v) is 5.81. The Kier molecular flexibility index (Phi) is 6.77. The predicted octanol–water partition coefficient (Wildman–Crippen LogP) is 1.94. The van der Waals surface area contributed by atoms with E-state index in [1.807, 2.05) is 6.92 Å². The van der Waals surface area contributed by atoms with Crippen LogP contribution in [0.25, 0.3) is 0 Å². The van der Waals surface area contributed by atoms with E-state index >= 15 is 0 Å². The molecule has 1 aliphatic rings. The van der Waals surface area contributed by atoms with Crippen molar-refractivity contribution >= 4 is 17.7 Å². The summed E-state index contributed by atoms with van der Waals surface area (Å²) in [7, 11) is 0. The van der Waals surface area contributed by atoms with Gasteiger partial charge in [-0.3, -0.25) is 9.88 Å². The number of piperazine rings is 1. The van der Waals surface area contributed by atoms with Crippen LogP contribution < -0.4 is 11.0 Å². The molecule has 2 atom stereocenters. The van der Waals surface area contributed by atoms with Crippen molar-refractivity contribution < 1.29 is 14.6 Å².